The molecule has 2 aromatic rings. The summed E-state index contributed by atoms with van der Waals surface area (Å²) in [5.74, 6) is -0.114. The number of halogens is 1. The first-order valence-corrected chi connectivity index (χ1v) is 12.1. The molecular weight excluding hydrogens is 408 g/mol. The highest BCUT2D eigenvalue weighted by Crippen LogP contribution is 2.26. The van der Waals surface area contributed by atoms with Gasteiger partial charge in [0.05, 0.1) is 22.1 Å². The molecule has 0 saturated carbocycles. The number of hydrogen-bond donors (Lipinski definition) is 0. The lowest BCUT2D eigenvalue weighted by atomic mass is 10.1. The van der Waals surface area contributed by atoms with Crippen LogP contribution in [-0.2, 0) is 16.4 Å². The van der Waals surface area contributed by atoms with Crippen LogP contribution in [0.5, 0.6) is 0 Å². The summed E-state index contributed by atoms with van der Waals surface area (Å²) in [7, 11) is -3.12. The van der Waals surface area contributed by atoms with E-state index in [1.54, 1.807) is 29.2 Å². The van der Waals surface area contributed by atoms with Gasteiger partial charge in [-0.05, 0) is 50.1 Å². The summed E-state index contributed by atoms with van der Waals surface area (Å²) < 4.78 is 24.1. The van der Waals surface area contributed by atoms with Crippen LogP contribution in [0.15, 0.2) is 48.5 Å². The normalized spacial score (nSPS) is 17.8. The number of benzene rings is 2. The molecule has 5 nitrogen and oxygen atoms in total. The Morgan fingerprint density at radius 1 is 1.07 bits per heavy atom. The number of rotatable bonds is 7. The van der Waals surface area contributed by atoms with Crippen molar-refractivity contribution in [2.75, 3.05) is 29.5 Å². The van der Waals surface area contributed by atoms with E-state index >= 15 is 0 Å². The van der Waals surface area contributed by atoms with Crippen LogP contribution in [0.2, 0.25) is 5.02 Å². The summed E-state index contributed by atoms with van der Waals surface area (Å²) in [6, 6.07) is 14.7. The second kappa shape index (κ2) is 9.18. The minimum Gasteiger partial charge on any atom is -0.372 e. The van der Waals surface area contributed by atoms with Gasteiger partial charge in [0.2, 0.25) is 0 Å². The highest BCUT2D eigenvalue weighted by atomic mass is 35.5. The summed E-state index contributed by atoms with van der Waals surface area (Å²) in [6.45, 7) is 6.42. The van der Waals surface area contributed by atoms with Crippen LogP contribution in [-0.4, -0.2) is 49.9 Å². The van der Waals surface area contributed by atoms with Crippen LogP contribution in [0.25, 0.3) is 0 Å². The second-order valence-electron chi connectivity index (χ2n) is 7.31. The topological polar surface area (TPSA) is 57.7 Å². The molecule has 7 heteroatoms. The van der Waals surface area contributed by atoms with Crippen LogP contribution in [0.1, 0.15) is 36.2 Å². The summed E-state index contributed by atoms with van der Waals surface area (Å²) in [6.07, 6.45) is 0.454. The Morgan fingerprint density at radius 2 is 1.72 bits per heavy atom. The zero-order valence-corrected chi connectivity index (χ0v) is 18.4. The standard InChI is InChI=1S/C22H27ClN2O3S/c1-3-24(4-2)18-11-9-17(10-12-18)15-25(19-13-14-29(27,28)16-19)22(26)20-7-5-6-8-21(20)23/h5-12,19H,3-4,13-16H2,1-2H3/t19-/m1/s1. The molecule has 2 aromatic carbocycles. The van der Waals surface area contributed by atoms with Gasteiger partial charge in [-0.2, -0.15) is 0 Å². The predicted octanol–water partition coefficient (Wildman–Crippen LogP) is 4.02. The molecule has 0 spiro atoms. The highest BCUT2D eigenvalue weighted by Gasteiger charge is 2.35. The van der Waals surface area contributed by atoms with Crippen molar-refractivity contribution < 1.29 is 13.2 Å². The molecule has 1 amide bonds. The molecule has 156 valence electrons. The number of sulfone groups is 1. The number of carbonyl (C=O) groups excluding carboxylic acids is 1. The largest absolute Gasteiger partial charge is 0.372 e. The number of hydrogen-bond acceptors (Lipinski definition) is 4. The summed E-state index contributed by atoms with van der Waals surface area (Å²) in [5, 5.41) is 0.375. The van der Waals surface area contributed by atoms with E-state index in [4.69, 9.17) is 11.6 Å². The molecular formula is C22H27ClN2O3S. The molecule has 1 atom stereocenters. The molecule has 0 aliphatic carbocycles. The predicted molar refractivity (Wildman–Crippen MR) is 118 cm³/mol. The fourth-order valence-corrected chi connectivity index (χ4v) is 5.72. The van der Waals surface area contributed by atoms with Gasteiger partial charge in [0, 0.05) is 31.4 Å². The Bertz CT molecular complexity index is 956. The van der Waals surface area contributed by atoms with E-state index in [2.05, 4.69) is 18.7 Å². The van der Waals surface area contributed by atoms with Gasteiger partial charge in [-0.15, -0.1) is 0 Å². The number of carbonyl (C=O) groups is 1. The zero-order chi connectivity index (χ0) is 21.0. The van der Waals surface area contributed by atoms with Crippen LogP contribution in [0, 0.1) is 0 Å². The third kappa shape index (κ3) is 5.11. The first kappa shape index (κ1) is 21.7. The lowest BCUT2D eigenvalue weighted by Crippen LogP contribution is -2.40. The first-order valence-electron chi connectivity index (χ1n) is 9.94. The van der Waals surface area contributed by atoms with Crippen molar-refractivity contribution >= 4 is 33.0 Å². The van der Waals surface area contributed by atoms with Crippen LogP contribution in [0.3, 0.4) is 0 Å². The van der Waals surface area contributed by atoms with E-state index in [1.807, 2.05) is 24.3 Å². The molecule has 0 N–H and O–H groups in total. The lowest BCUT2D eigenvalue weighted by Gasteiger charge is -2.29. The quantitative estimate of drug-likeness (QED) is 0.660. The first-order chi connectivity index (χ1) is 13.8. The summed E-state index contributed by atoms with van der Waals surface area (Å²) in [5.41, 5.74) is 2.50. The van der Waals surface area contributed by atoms with E-state index in [0.717, 1.165) is 24.3 Å². The molecule has 0 unspecified atom stereocenters. The average molecular weight is 435 g/mol. The Balaban J connectivity index is 1.88. The monoisotopic (exact) mass is 434 g/mol. The Hall–Kier alpha value is -2.05. The van der Waals surface area contributed by atoms with Gasteiger partial charge in [-0.3, -0.25) is 4.79 Å². The summed E-state index contributed by atoms with van der Waals surface area (Å²) in [4.78, 5) is 17.2. The van der Waals surface area contributed by atoms with E-state index in [9.17, 15) is 13.2 Å². The van der Waals surface area contributed by atoms with Gasteiger partial charge in [0.25, 0.3) is 5.91 Å². The third-order valence-corrected chi connectivity index (χ3v) is 7.51. The maximum Gasteiger partial charge on any atom is 0.255 e. The molecule has 1 aliphatic heterocycles. The fourth-order valence-electron chi connectivity index (χ4n) is 3.77. The lowest BCUT2D eigenvalue weighted by molar-refractivity contribution is 0.0681. The molecule has 0 bridgehead atoms. The second-order valence-corrected chi connectivity index (χ2v) is 9.94. The van der Waals surface area contributed by atoms with Crippen molar-refractivity contribution in [1.29, 1.82) is 0 Å². The van der Waals surface area contributed by atoms with Crippen LogP contribution < -0.4 is 4.90 Å². The molecule has 0 radical (unpaired) electrons. The molecule has 1 heterocycles. The average Bonchev–Trinajstić information content (AvgIpc) is 3.07. The smallest absolute Gasteiger partial charge is 0.255 e. The number of nitrogens with zero attached hydrogens (tertiary/aromatic N) is 2. The number of amides is 1. The van der Waals surface area contributed by atoms with Gasteiger partial charge in [-0.1, -0.05) is 35.9 Å². The van der Waals surface area contributed by atoms with Gasteiger partial charge >= 0.3 is 0 Å². The zero-order valence-electron chi connectivity index (χ0n) is 16.8. The third-order valence-electron chi connectivity index (χ3n) is 5.43. The van der Waals surface area contributed by atoms with E-state index in [1.165, 1.54) is 0 Å². The van der Waals surface area contributed by atoms with Crippen LogP contribution in [0.4, 0.5) is 5.69 Å². The van der Waals surface area contributed by atoms with E-state index < -0.39 is 9.84 Å². The van der Waals surface area contributed by atoms with Crippen molar-refractivity contribution in [3.8, 4) is 0 Å². The summed E-state index contributed by atoms with van der Waals surface area (Å²) >= 11 is 6.25. The maximum atomic E-state index is 13.3. The Labute approximate surface area is 178 Å². The van der Waals surface area contributed by atoms with E-state index in [-0.39, 0.29) is 23.5 Å². The van der Waals surface area contributed by atoms with Gasteiger partial charge in [0.15, 0.2) is 9.84 Å². The van der Waals surface area contributed by atoms with E-state index in [0.29, 0.717) is 23.6 Å². The molecule has 29 heavy (non-hydrogen) atoms. The number of anilines is 1. The molecule has 3 rings (SSSR count). The molecule has 1 aliphatic rings. The van der Waals surface area contributed by atoms with Crippen molar-refractivity contribution in [3.63, 3.8) is 0 Å². The van der Waals surface area contributed by atoms with Crippen molar-refractivity contribution in [1.82, 2.24) is 4.90 Å². The van der Waals surface area contributed by atoms with Gasteiger partial charge in [-0.25, -0.2) is 8.42 Å². The SMILES string of the molecule is CCN(CC)c1ccc(CN(C(=O)c2ccccc2Cl)[C@@H]2CCS(=O)(=O)C2)cc1. The van der Waals surface area contributed by atoms with Crippen molar-refractivity contribution in [3.05, 3.63) is 64.7 Å². The molecule has 0 aromatic heterocycles. The minimum atomic E-state index is -3.12. The Kier molecular flexibility index (Phi) is 6.85. The molecule has 1 fully saturated rings. The Morgan fingerprint density at radius 3 is 2.28 bits per heavy atom. The van der Waals surface area contributed by atoms with Crippen molar-refractivity contribution in [2.24, 2.45) is 0 Å². The fraction of sp³-hybridized carbons (Fsp3) is 0.409. The minimum absolute atomic E-state index is 0.000718. The maximum absolute atomic E-state index is 13.3. The highest BCUT2D eigenvalue weighted by molar-refractivity contribution is 7.91. The molecule has 1 saturated heterocycles. The van der Waals surface area contributed by atoms with Gasteiger partial charge in [0.1, 0.15) is 0 Å². The van der Waals surface area contributed by atoms with Crippen LogP contribution >= 0.6 is 11.6 Å². The van der Waals surface area contributed by atoms with Gasteiger partial charge < -0.3 is 9.80 Å². The van der Waals surface area contributed by atoms with Crippen molar-refractivity contribution in [2.45, 2.75) is 32.9 Å².